The van der Waals surface area contributed by atoms with E-state index in [0.29, 0.717) is 28.8 Å². The molecule has 0 amide bonds. The second kappa shape index (κ2) is 6.33. The summed E-state index contributed by atoms with van der Waals surface area (Å²) in [6, 6.07) is 7.94. The zero-order valence-electron chi connectivity index (χ0n) is 13.4. The van der Waals surface area contributed by atoms with E-state index in [1.54, 1.807) is 36.2 Å². The van der Waals surface area contributed by atoms with Crippen LogP contribution in [0.5, 0.6) is 5.88 Å². The summed E-state index contributed by atoms with van der Waals surface area (Å²) in [6.45, 7) is 0. The summed E-state index contributed by atoms with van der Waals surface area (Å²) in [4.78, 5) is 8.48. The molecule has 6 nitrogen and oxygen atoms in total. The molecule has 0 unspecified atom stereocenters. The minimum atomic E-state index is -0.362. The van der Waals surface area contributed by atoms with E-state index in [9.17, 15) is 4.39 Å². The fourth-order valence-electron chi connectivity index (χ4n) is 3.13. The molecule has 0 bridgehead atoms. The second-order valence-corrected chi connectivity index (χ2v) is 6.15. The molecule has 0 saturated carbocycles. The highest BCUT2D eigenvalue weighted by Gasteiger charge is 2.32. The van der Waals surface area contributed by atoms with E-state index >= 15 is 0 Å². The van der Waals surface area contributed by atoms with Gasteiger partial charge in [0.25, 0.3) is 0 Å². The number of hydrogen-bond donors (Lipinski definition) is 1. The molecule has 0 saturated heterocycles. The maximum absolute atomic E-state index is 14.5. The van der Waals surface area contributed by atoms with Gasteiger partial charge in [0.1, 0.15) is 12.1 Å². The van der Waals surface area contributed by atoms with Gasteiger partial charge >= 0.3 is 0 Å². The number of nitrogens with one attached hydrogen (secondary N) is 1. The highest BCUT2D eigenvalue weighted by molar-refractivity contribution is 6.31. The van der Waals surface area contributed by atoms with Gasteiger partial charge in [0.2, 0.25) is 11.8 Å². The van der Waals surface area contributed by atoms with Crippen molar-refractivity contribution >= 4 is 17.5 Å². The number of methoxy groups -OCH3 is 1. The maximum atomic E-state index is 14.5. The van der Waals surface area contributed by atoms with Crippen molar-refractivity contribution in [2.24, 2.45) is 0 Å². The van der Waals surface area contributed by atoms with Crippen molar-refractivity contribution in [3.63, 3.8) is 0 Å². The van der Waals surface area contributed by atoms with Crippen LogP contribution in [0.25, 0.3) is 0 Å². The molecule has 1 aliphatic heterocycles. The lowest BCUT2D eigenvalue weighted by Crippen LogP contribution is -2.28. The Hall–Kier alpha value is -2.67. The number of halogens is 2. The third kappa shape index (κ3) is 2.80. The Bertz CT molecular complexity index is 878. The third-order valence-electron chi connectivity index (χ3n) is 4.33. The lowest BCUT2D eigenvalue weighted by molar-refractivity contribution is 0.395. The molecule has 3 heterocycles. The van der Waals surface area contributed by atoms with Crippen LogP contribution in [0.15, 0.2) is 42.9 Å². The van der Waals surface area contributed by atoms with Crippen LogP contribution in [0, 0.1) is 5.82 Å². The number of ether oxygens (including phenoxy) is 1. The number of anilines is 1. The third-order valence-corrected chi connectivity index (χ3v) is 4.66. The smallest absolute Gasteiger partial charge is 0.222 e. The molecule has 1 aromatic carbocycles. The molecule has 25 heavy (non-hydrogen) atoms. The first kappa shape index (κ1) is 15.8. The van der Waals surface area contributed by atoms with Crippen LogP contribution in [0.1, 0.15) is 29.6 Å². The average Bonchev–Trinajstić information content (AvgIpc) is 3.10. The van der Waals surface area contributed by atoms with E-state index in [4.69, 9.17) is 16.3 Å². The van der Waals surface area contributed by atoms with Crippen LogP contribution < -0.4 is 10.1 Å². The number of pyridine rings is 1. The van der Waals surface area contributed by atoms with Crippen LogP contribution in [-0.4, -0.2) is 26.9 Å². The number of hydrogen-bond acceptors (Lipinski definition) is 5. The maximum Gasteiger partial charge on any atom is 0.222 e. The van der Waals surface area contributed by atoms with E-state index in [2.05, 4.69) is 20.4 Å². The van der Waals surface area contributed by atoms with Crippen LogP contribution >= 0.6 is 11.6 Å². The summed E-state index contributed by atoms with van der Waals surface area (Å²) >= 11 is 6.28. The van der Waals surface area contributed by atoms with Gasteiger partial charge in [-0.25, -0.2) is 14.1 Å². The first-order chi connectivity index (χ1) is 12.2. The van der Waals surface area contributed by atoms with Gasteiger partial charge in [0.05, 0.1) is 19.2 Å². The summed E-state index contributed by atoms with van der Waals surface area (Å²) in [5.41, 5.74) is 1.37. The Kier molecular flexibility index (Phi) is 4.01. The van der Waals surface area contributed by atoms with Crippen molar-refractivity contribution in [3.8, 4) is 5.88 Å². The van der Waals surface area contributed by atoms with E-state index in [1.165, 1.54) is 12.4 Å². The molecule has 1 aliphatic rings. The van der Waals surface area contributed by atoms with Gasteiger partial charge in [-0.05, 0) is 24.1 Å². The number of aromatic nitrogens is 4. The van der Waals surface area contributed by atoms with Crippen molar-refractivity contribution in [1.29, 1.82) is 0 Å². The van der Waals surface area contributed by atoms with Crippen LogP contribution in [0.3, 0.4) is 0 Å². The first-order valence-corrected chi connectivity index (χ1v) is 8.15. The number of benzene rings is 1. The standard InChI is InChI=1S/C17H15ClFN5O/c1-25-15-6-5-10(8-20-15)13-7-14(24-17(23-13)21-9-22-24)16-11(18)3-2-4-12(16)19/h2-6,8-9,13-14H,7H2,1H3,(H,21,22,23)/t13-,14+/m0/s1. The molecular formula is C17H15ClFN5O. The van der Waals surface area contributed by atoms with E-state index in [-0.39, 0.29) is 17.9 Å². The lowest BCUT2D eigenvalue weighted by atomic mass is 9.94. The van der Waals surface area contributed by atoms with E-state index < -0.39 is 0 Å². The lowest BCUT2D eigenvalue weighted by Gasteiger charge is -2.32. The predicted molar refractivity (Wildman–Crippen MR) is 91.3 cm³/mol. The van der Waals surface area contributed by atoms with Crippen LogP contribution in [0.4, 0.5) is 10.3 Å². The predicted octanol–water partition coefficient (Wildman–Crippen LogP) is 3.62. The van der Waals surface area contributed by atoms with Gasteiger partial charge in [-0.15, -0.1) is 0 Å². The van der Waals surface area contributed by atoms with Gasteiger partial charge in [-0.1, -0.05) is 23.7 Å². The van der Waals surface area contributed by atoms with Crippen molar-refractivity contribution in [1.82, 2.24) is 19.7 Å². The second-order valence-electron chi connectivity index (χ2n) is 5.75. The zero-order valence-corrected chi connectivity index (χ0v) is 14.1. The van der Waals surface area contributed by atoms with Crippen molar-refractivity contribution < 1.29 is 9.13 Å². The normalized spacial score (nSPS) is 19.2. The molecular weight excluding hydrogens is 345 g/mol. The minimum absolute atomic E-state index is 0.101. The average molecular weight is 360 g/mol. The van der Waals surface area contributed by atoms with Crippen molar-refractivity contribution in [2.45, 2.75) is 18.5 Å². The monoisotopic (exact) mass is 359 g/mol. The fourth-order valence-corrected chi connectivity index (χ4v) is 3.42. The summed E-state index contributed by atoms with van der Waals surface area (Å²) in [7, 11) is 1.57. The summed E-state index contributed by atoms with van der Waals surface area (Å²) in [5.74, 6) is 0.750. The molecule has 3 aromatic rings. The Morgan fingerprint density at radius 3 is 2.88 bits per heavy atom. The Morgan fingerprint density at radius 2 is 2.16 bits per heavy atom. The molecule has 4 rings (SSSR count). The Morgan fingerprint density at radius 1 is 1.28 bits per heavy atom. The summed E-state index contributed by atoms with van der Waals surface area (Å²) in [5, 5.41) is 7.92. The molecule has 0 aliphatic carbocycles. The number of rotatable bonds is 3. The van der Waals surface area contributed by atoms with E-state index in [0.717, 1.165) is 5.56 Å². The molecule has 8 heteroatoms. The SMILES string of the molecule is COc1ccc([C@@H]2C[C@H](c3c(F)cccc3Cl)n3ncnc3N2)cn1. The zero-order chi connectivity index (χ0) is 17.4. The molecule has 1 N–H and O–H groups in total. The molecule has 0 radical (unpaired) electrons. The van der Waals surface area contributed by atoms with E-state index in [1.807, 2.05) is 6.07 Å². The largest absolute Gasteiger partial charge is 0.481 e. The molecule has 2 aromatic heterocycles. The molecule has 128 valence electrons. The Labute approximate surface area is 148 Å². The summed E-state index contributed by atoms with van der Waals surface area (Å²) < 4.78 is 21.2. The van der Waals surface area contributed by atoms with Crippen molar-refractivity contribution in [2.75, 3.05) is 12.4 Å². The quantitative estimate of drug-likeness (QED) is 0.773. The minimum Gasteiger partial charge on any atom is -0.481 e. The first-order valence-electron chi connectivity index (χ1n) is 7.77. The van der Waals surface area contributed by atoms with Crippen LogP contribution in [-0.2, 0) is 0 Å². The fraction of sp³-hybridized carbons (Fsp3) is 0.235. The van der Waals surface area contributed by atoms with Crippen molar-refractivity contribution in [3.05, 3.63) is 64.8 Å². The summed E-state index contributed by atoms with van der Waals surface area (Å²) in [6.07, 6.45) is 3.74. The van der Waals surface area contributed by atoms with Gasteiger partial charge in [0, 0.05) is 22.8 Å². The highest BCUT2D eigenvalue weighted by atomic mass is 35.5. The molecule has 0 spiro atoms. The molecule has 0 fully saturated rings. The Balaban J connectivity index is 1.75. The highest BCUT2D eigenvalue weighted by Crippen LogP contribution is 2.40. The number of nitrogens with zero attached hydrogens (tertiary/aromatic N) is 4. The van der Waals surface area contributed by atoms with Gasteiger partial charge in [-0.3, -0.25) is 0 Å². The molecule has 2 atom stereocenters. The van der Waals surface area contributed by atoms with Gasteiger partial charge in [0.15, 0.2) is 0 Å². The topological polar surface area (TPSA) is 64.9 Å². The number of fused-ring (bicyclic) bond motifs is 1. The van der Waals surface area contributed by atoms with Crippen LogP contribution in [0.2, 0.25) is 5.02 Å². The van der Waals surface area contributed by atoms with Gasteiger partial charge < -0.3 is 10.1 Å². The van der Waals surface area contributed by atoms with Gasteiger partial charge in [-0.2, -0.15) is 10.1 Å².